The van der Waals surface area contributed by atoms with Crippen LogP contribution in [0.5, 0.6) is 0 Å². The molecule has 0 saturated heterocycles. The van der Waals surface area contributed by atoms with Gasteiger partial charge in [0, 0.05) is 12.0 Å². The lowest BCUT2D eigenvalue weighted by Crippen LogP contribution is -2.20. The third-order valence-electron chi connectivity index (χ3n) is 3.09. The number of anilines is 2. The molecule has 0 amide bonds. The third-order valence-corrected chi connectivity index (χ3v) is 3.09. The number of nitrogens with two attached hydrogens (primary N) is 2. The highest BCUT2D eigenvalue weighted by molar-refractivity contribution is 5.88. The van der Waals surface area contributed by atoms with Crippen LogP contribution in [0.2, 0.25) is 0 Å². The van der Waals surface area contributed by atoms with Crippen molar-refractivity contribution in [2.24, 2.45) is 5.41 Å². The van der Waals surface area contributed by atoms with Gasteiger partial charge in [0.25, 0.3) is 0 Å². The van der Waals surface area contributed by atoms with Gasteiger partial charge in [-0.3, -0.25) is 0 Å². The zero-order valence-corrected chi connectivity index (χ0v) is 9.72. The van der Waals surface area contributed by atoms with E-state index in [-0.39, 0.29) is 0 Å². The molecule has 1 aliphatic carbocycles. The van der Waals surface area contributed by atoms with Gasteiger partial charge in [0.15, 0.2) is 5.41 Å². The molecule has 0 spiro atoms. The first kappa shape index (κ1) is 11.8. The van der Waals surface area contributed by atoms with E-state index in [1.165, 1.54) is 0 Å². The van der Waals surface area contributed by atoms with Gasteiger partial charge in [-0.25, -0.2) is 0 Å². The number of hydrogen-bond acceptors (Lipinski definition) is 4. The number of rotatable bonds is 1. The van der Waals surface area contributed by atoms with Gasteiger partial charge in [-0.2, -0.15) is 10.5 Å². The standard InChI is InChI=1S/C14H12N4/c15-8-14(9-16)7-2-1-5-11(14)10-4-3-6-12(17)13(10)18/h1-6H,7,17-18H2. The van der Waals surface area contributed by atoms with Gasteiger partial charge in [-0.1, -0.05) is 30.4 Å². The Morgan fingerprint density at radius 3 is 2.56 bits per heavy atom. The Hall–Kier alpha value is -2.72. The van der Waals surface area contributed by atoms with Crippen molar-refractivity contribution in [1.29, 1.82) is 10.5 Å². The van der Waals surface area contributed by atoms with Crippen LogP contribution in [-0.2, 0) is 0 Å². The number of nitrogen functional groups attached to an aromatic ring is 2. The normalized spacial score (nSPS) is 16.4. The highest BCUT2D eigenvalue weighted by Gasteiger charge is 2.36. The summed E-state index contributed by atoms with van der Waals surface area (Å²) in [5.74, 6) is 0. The van der Waals surface area contributed by atoms with Crippen molar-refractivity contribution in [3.8, 4) is 12.1 Å². The van der Waals surface area contributed by atoms with E-state index < -0.39 is 5.41 Å². The van der Waals surface area contributed by atoms with E-state index in [4.69, 9.17) is 11.5 Å². The zero-order chi connectivity index (χ0) is 13.2. The predicted octanol–water partition coefficient (Wildman–Crippen LogP) is 2.23. The van der Waals surface area contributed by atoms with Gasteiger partial charge in [-0.05, 0) is 11.6 Å². The van der Waals surface area contributed by atoms with Crippen molar-refractivity contribution in [2.75, 3.05) is 11.5 Å². The van der Waals surface area contributed by atoms with Crippen LogP contribution in [0.25, 0.3) is 5.57 Å². The zero-order valence-electron chi connectivity index (χ0n) is 9.72. The monoisotopic (exact) mass is 236 g/mol. The molecule has 88 valence electrons. The molecule has 0 heterocycles. The van der Waals surface area contributed by atoms with Crippen LogP contribution in [0, 0.1) is 28.1 Å². The fraction of sp³-hybridized carbons (Fsp3) is 0.143. The van der Waals surface area contributed by atoms with Crippen LogP contribution in [-0.4, -0.2) is 0 Å². The fourth-order valence-corrected chi connectivity index (χ4v) is 2.04. The highest BCUT2D eigenvalue weighted by Crippen LogP contribution is 2.43. The predicted molar refractivity (Wildman–Crippen MR) is 70.7 cm³/mol. The fourth-order valence-electron chi connectivity index (χ4n) is 2.04. The molecule has 0 atom stereocenters. The van der Waals surface area contributed by atoms with Crippen molar-refractivity contribution < 1.29 is 0 Å². The topological polar surface area (TPSA) is 99.6 Å². The molecule has 0 bridgehead atoms. The molecule has 4 nitrogen and oxygen atoms in total. The molecule has 0 saturated carbocycles. The molecular formula is C14H12N4. The van der Waals surface area contributed by atoms with Gasteiger partial charge in [-0.15, -0.1) is 0 Å². The van der Waals surface area contributed by atoms with E-state index in [9.17, 15) is 10.5 Å². The minimum absolute atomic E-state index is 0.361. The molecule has 0 unspecified atom stereocenters. The average Bonchev–Trinajstić information content (AvgIpc) is 2.42. The molecule has 0 aliphatic heterocycles. The van der Waals surface area contributed by atoms with Crippen LogP contribution in [0.4, 0.5) is 11.4 Å². The Kier molecular flexibility index (Phi) is 2.79. The minimum Gasteiger partial charge on any atom is -0.397 e. The Labute approximate surface area is 105 Å². The van der Waals surface area contributed by atoms with Gasteiger partial charge >= 0.3 is 0 Å². The minimum atomic E-state index is -1.18. The lowest BCUT2D eigenvalue weighted by molar-refractivity contribution is 0.691. The summed E-state index contributed by atoms with van der Waals surface area (Å²) in [7, 11) is 0. The number of nitrogens with zero attached hydrogens (tertiary/aromatic N) is 2. The molecule has 1 aromatic carbocycles. The first-order valence-electron chi connectivity index (χ1n) is 5.49. The van der Waals surface area contributed by atoms with E-state index in [1.807, 2.05) is 6.08 Å². The first-order chi connectivity index (χ1) is 8.64. The number of allylic oxidation sites excluding steroid dienone is 4. The maximum absolute atomic E-state index is 9.31. The molecule has 4 heteroatoms. The van der Waals surface area contributed by atoms with E-state index in [2.05, 4.69) is 12.1 Å². The summed E-state index contributed by atoms with van der Waals surface area (Å²) in [5.41, 5.74) is 12.6. The van der Waals surface area contributed by atoms with Crippen LogP contribution < -0.4 is 11.5 Å². The summed E-state index contributed by atoms with van der Waals surface area (Å²) in [5, 5.41) is 18.6. The SMILES string of the molecule is N#CC1(C#N)CC=CC=C1c1cccc(N)c1N. The number of benzene rings is 1. The number of para-hydroxylation sites is 1. The van der Waals surface area contributed by atoms with E-state index in [0.29, 0.717) is 28.9 Å². The maximum atomic E-state index is 9.31. The van der Waals surface area contributed by atoms with E-state index in [0.717, 1.165) is 0 Å². The second kappa shape index (κ2) is 4.27. The van der Waals surface area contributed by atoms with Gasteiger partial charge in [0.1, 0.15) is 0 Å². The molecule has 0 radical (unpaired) electrons. The van der Waals surface area contributed by atoms with E-state index >= 15 is 0 Å². The molecule has 0 aromatic heterocycles. The first-order valence-corrected chi connectivity index (χ1v) is 5.49. The van der Waals surface area contributed by atoms with Crippen molar-refractivity contribution in [3.63, 3.8) is 0 Å². The van der Waals surface area contributed by atoms with Crippen molar-refractivity contribution in [1.82, 2.24) is 0 Å². The van der Waals surface area contributed by atoms with Gasteiger partial charge in [0.05, 0.1) is 23.5 Å². The molecule has 1 aromatic rings. The van der Waals surface area contributed by atoms with Crippen LogP contribution in [0.3, 0.4) is 0 Å². The van der Waals surface area contributed by atoms with Crippen molar-refractivity contribution >= 4 is 16.9 Å². The van der Waals surface area contributed by atoms with Crippen LogP contribution >= 0.6 is 0 Å². The molecule has 1 aliphatic rings. The smallest absolute Gasteiger partial charge is 0.172 e. The largest absolute Gasteiger partial charge is 0.397 e. The number of nitriles is 2. The van der Waals surface area contributed by atoms with E-state index in [1.54, 1.807) is 30.4 Å². The molecule has 4 N–H and O–H groups in total. The Morgan fingerprint density at radius 2 is 1.89 bits per heavy atom. The third kappa shape index (κ3) is 1.61. The molecular weight excluding hydrogens is 224 g/mol. The molecule has 0 fully saturated rings. The van der Waals surface area contributed by atoms with Crippen molar-refractivity contribution in [3.05, 3.63) is 42.0 Å². The van der Waals surface area contributed by atoms with Crippen LogP contribution in [0.1, 0.15) is 12.0 Å². The maximum Gasteiger partial charge on any atom is 0.172 e. The Balaban J connectivity index is 2.66. The van der Waals surface area contributed by atoms with Gasteiger partial charge < -0.3 is 11.5 Å². The average molecular weight is 236 g/mol. The second-order valence-electron chi connectivity index (χ2n) is 4.15. The number of hydrogen-bond donors (Lipinski definition) is 2. The Morgan fingerprint density at radius 1 is 1.17 bits per heavy atom. The highest BCUT2D eigenvalue weighted by atomic mass is 14.7. The second-order valence-corrected chi connectivity index (χ2v) is 4.15. The summed E-state index contributed by atoms with van der Waals surface area (Å²) >= 11 is 0. The summed E-state index contributed by atoms with van der Waals surface area (Å²) in [4.78, 5) is 0. The summed E-state index contributed by atoms with van der Waals surface area (Å²) in [6.07, 6.45) is 5.74. The van der Waals surface area contributed by atoms with Gasteiger partial charge in [0.2, 0.25) is 0 Å². The summed E-state index contributed by atoms with van der Waals surface area (Å²) in [6.45, 7) is 0. The lowest BCUT2D eigenvalue weighted by Gasteiger charge is -2.24. The summed E-state index contributed by atoms with van der Waals surface area (Å²) < 4.78 is 0. The lowest BCUT2D eigenvalue weighted by atomic mass is 9.74. The quantitative estimate of drug-likeness (QED) is 0.730. The van der Waals surface area contributed by atoms with Crippen molar-refractivity contribution in [2.45, 2.75) is 6.42 Å². The molecule has 2 rings (SSSR count). The Bertz CT molecular complexity index is 612. The van der Waals surface area contributed by atoms with Crippen LogP contribution in [0.15, 0.2) is 36.4 Å². The summed E-state index contributed by atoms with van der Waals surface area (Å²) in [6, 6.07) is 9.41. The molecule has 18 heavy (non-hydrogen) atoms.